The summed E-state index contributed by atoms with van der Waals surface area (Å²) in [6, 6.07) is 5.65. The fourth-order valence-corrected chi connectivity index (χ4v) is 3.10. The molecule has 0 unspecified atom stereocenters. The second-order valence-electron chi connectivity index (χ2n) is 4.51. The summed E-state index contributed by atoms with van der Waals surface area (Å²) in [6.45, 7) is 5.34. The zero-order valence-electron chi connectivity index (χ0n) is 11.6. The lowest BCUT2D eigenvalue weighted by molar-refractivity contribution is 0.575. The maximum absolute atomic E-state index is 6.25. The Morgan fingerprint density at radius 1 is 1.42 bits per heavy atom. The fourth-order valence-electron chi connectivity index (χ4n) is 1.93. The van der Waals surface area contributed by atoms with Crippen LogP contribution in [0.4, 0.5) is 5.69 Å². The molecule has 0 atom stereocenters. The molecule has 0 bridgehead atoms. The molecular weight excluding hydrogens is 296 g/mol. The van der Waals surface area contributed by atoms with Crippen LogP contribution in [-0.4, -0.2) is 22.5 Å². The van der Waals surface area contributed by atoms with Crippen LogP contribution in [0, 0.1) is 0 Å². The number of anilines is 1. The van der Waals surface area contributed by atoms with E-state index in [0.29, 0.717) is 10.0 Å². The van der Waals surface area contributed by atoms with E-state index in [9.17, 15) is 0 Å². The molecule has 0 radical (unpaired) electrons. The number of rotatable bonds is 7. The van der Waals surface area contributed by atoms with Gasteiger partial charge in [-0.05, 0) is 37.3 Å². The van der Waals surface area contributed by atoms with E-state index in [-0.39, 0.29) is 4.75 Å². The van der Waals surface area contributed by atoms with E-state index in [1.807, 2.05) is 30.0 Å². The highest BCUT2D eigenvalue weighted by Gasteiger charge is 2.24. The third-order valence-corrected chi connectivity index (χ3v) is 5.71. The molecular formula is C14H21ClN2S2. The molecule has 0 aromatic heterocycles. The fraction of sp³-hybridized carbons (Fsp3) is 0.500. The first-order valence-electron chi connectivity index (χ1n) is 6.36. The first-order chi connectivity index (χ1) is 8.98. The lowest BCUT2D eigenvalue weighted by Gasteiger charge is -2.30. The van der Waals surface area contributed by atoms with Crippen LogP contribution in [-0.2, 0) is 0 Å². The molecule has 2 nitrogen and oxygen atoms in total. The number of hydrogen-bond acceptors (Lipinski definition) is 3. The van der Waals surface area contributed by atoms with Crippen LogP contribution >= 0.6 is 35.6 Å². The van der Waals surface area contributed by atoms with Gasteiger partial charge >= 0.3 is 0 Å². The molecule has 0 fully saturated rings. The summed E-state index contributed by atoms with van der Waals surface area (Å²) in [4.78, 5) is 0.369. The van der Waals surface area contributed by atoms with Crippen LogP contribution in [0.3, 0.4) is 0 Å². The van der Waals surface area contributed by atoms with Crippen molar-refractivity contribution in [1.82, 2.24) is 0 Å². The van der Waals surface area contributed by atoms with Crippen molar-refractivity contribution in [3.63, 3.8) is 0 Å². The first kappa shape index (κ1) is 16.6. The molecule has 0 spiro atoms. The smallest absolute Gasteiger partial charge is 0.104 e. The van der Waals surface area contributed by atoms with Crippen molar-refractivity contribution in [1.29, 1.82) is 0 Å². The molecule has 0 aliphatic carbocycles. The largest absolute Gasteiger partial charge is 0.389 e. The molecule has 0 aliphatic heterocycles. The molecule has 1 aromatic carbocycles. The van der Waals surface area contributed by atoms with E-state index in [1.54, 1.807) is 0 Å². The van der Waals surface area contributed by atoms with Crippen LogP contribution in [0.5, 0.6) is 0 Å². The van der Waals surface area contributed by atoms with Crippen molar-refractivity contribution in [2.75, 3.05) is 18.1 Å². The lowest BCUT2D eigenvalue weighted by Crippen LogP contribution is -2.32. The molecule has 0 saturated carbocycles. The van der Waals surface area contributed by atoms with E-state index in [2.05, 4.69) is 25.4 Å². The molecule has 5 heteroatoms. The number of thioether (sulfide) groups is 1. The quantitative estimate of drug-likeness (QED) is 0.735. The third kappa shape index (κ3) is 4.26. The molecule has 3 N–H and O–H groups in total. The van der Waals surface area contributed by atoms with Gasteiger partial charge in [0.05, 0.1) is 10.7 Å². The van der Waals surface area contributed by atoms with Gasteiger partial charge in [0.2, 0.25) is 0 Å². The Bertz CT molecular complexity index is 437. The summed E-state index contributed by atoms with van der Waals surface area (Å²) in [7, 11) is 0. The number of hydrogen-bond donors (Lipinski definition) is 2. The van der Waals surface area contributed by atoms with E-state index in [1.165, 1.54) is 0 Å². The molecule has 0 heterocycles. The van der Waals surface area contributed by atoms with Crippen LogP contribution in [0.1, 0.15) is 32.3 Å². The van der Waals surface area contributed by atoms with Gasteiger partial charge in [0.1, 0.15) is 4.99 Å². The Balaban J connectivity index is 2.80. The predicted molar refractivity (Wildman–Crippen MR) is 92.7 cm³/mol. The van der Waals surface area contributed by atoms with Crippen molar-refractivity contribution < 1.29 is 0 Å². The maximum atomic E-state index is 6.25. The SMILES string of the molecule is CCC(CC)(CNc1ccc(C(N)=S)cc1Cl)SC. The molecule has 1 aromatic rings. The van der Waals surface area contributed by atoms with Crippen molar-refractivity contribution >= 4 is 46.3 Å². The number of thiocarbonyl (C=S) groups is 1. The zero-order chi connectivity index (χ0) is 14.5. The van der Waals surface area contributed by atoms with E-state index in [0.717, 1.165) is 30.6 Å². The molecule has 0 aliphatic rings. The average Bonchev–Trinajstić information content (AvgIpc) is 2.42. The topological polar surface area (TPSA) is 38.0 Å². The summed E-state index contributed by atoms with van der Waals surface area (Å²) in [5.41, 5.74) is 7.32. The van der Waals surface area contributed by atoms with Crippen molar-refractivity contribution in [2.45, 2.75) is 31.4 Å². The number of nitrogens with two attached hydrogens (primary N) is 1. The number of benzene rings is 1. The highest BCUT2D eigenvalue weighted by molar-refractivity contribution is 8.00. The second-order valence-corrected chi connectivity index (χ2v) is 6.63. The lowest BCUT2D eigenvalue weighted by atomic mass is 10.0. The standard InChI is InChI=1S/C14H21ClN2S2/c1-4-14(5-2,19-3)9-17-12-7-6-10(13(16)18)8-11(12)15/h6-8,17H,4-5,9H2,1-3H3,(H2,16,18). The molecule has 1 rings (SSSR count). The van der Waals surface area contributed by atoms with Crippen molar-refractivity contribution in [3.8, 4) is 0 Å². The van der Waals surface area contributed by atoms with E-state index in [4.69, 9.17) is 29.6 Å². The van der Waals surface area contributed by atoms with Gasteiger partial charge in [-0.3, -0.25) is 0 Å². The molecule has 19 heavy (non-hydrogen) atoms. The Kier molecular flexibility index (Phi) is 6.43. The summed E-state index contributed by atoms with van der Waals surface area (Å²) in [5, 5.41) is 4.10. The monoisotopic (exact) mass is 316 g/mol. The third-order valence-electron chi connectivity index (χ3n) is 3.58. The van der Waals surface area contributed by atoms with Gasteiger partial charge in [-0.2, -0.15) is 11.8 Å². The van der Waals surface area contributed by atoms with Gasteiger partial charge in [-0.25, -0.2) is 0 Å². The average molecular weight is 317 g/mol. The van der Waals surface area contributed by atoms with Crippen molar-refractivity contribution in [3.05, 3.63) is 28.8 Å². The predicted octanol–water partition coefficient (Wildman–Crippen LogP) is 4.31. The van der Waals surface area contributed by atoms with Gasteiger partial charge in [0.15, 0.2) is 0 Å². The zero-order valence-corrected chi connectivity index (χ0v) is 14.0. The first-order valence-corrected chi connectivity index (χ1v) is 8.37. The molecule has 106 valence electrons. The van der Waals surface area contributed by atoms with Gasteiger partial charge in [0.25, 0.3) is 0 Å². The Hall–Kier alpha value is -0.450. The van der Waals surface area contributed by atoms with Crippen LogP contribution in [0.2, 0.25) is 5.02 Å². The van der Waals surface area contributed by atoms with Crippen LogP contribution < -0.4 is 11.1 Å². The molecule has 0 amide bonds. The summed E-state index contributed by atoms with van der Waals surface area (Å²) < 4.78 is 0.255. The number of nitrogens with one attached hydrogen (secondary N) is 1. The van der Waals surface area contributed by atoms with Gasteiger partial charge in [-0.15, -0.1) is 0 Å². The highest BCUT2D eigenvalue weighted by atomic mass is 35.5. The Morgan fingerprint density at radius 2 is 2.05 bits per heavy atom. The van der Waals surface area contributed by atoms with Gasteiger partial charge in [0, 0.05) is 16.9 Å². The van der Waals surface area contributed by atoms with Crippen LogP contribution in [0.25, 0.3) is 0 Å². The van der Waals surface area contributed by atoms with Crippen LogP contribution in [0.15, 0.2) is 18.2 Å². The van der Waals surface area contributed by atoms with Crippen molar-refractivity contribution in [2.24, 2.45) is 5.73 Å². The normalized spacial score (nSPS) is 11.4. The minimum absolute atomic E-state index is 0.255. The van der Waals surface area contributed by atoms with Gasteiger partial charge in [-0.1, -0.05) is 37.7 Å². The highest BCUT2D eigenvalue weighted by Crippen LogP contribution is 2.32. The number of halogens is 1. The van der Waals surface area contributed by atoms with E-state index < -0.39 is 0 Å². The summed E-state index contributed by atoms with van der Waals surface area (Å²) in [5.74, 6) is 0. The van der Waals surface area contributed by atoms with E-state index >= 15 is 0 Å². The Morgan fingerprint density at radius 3 is 2.47 bits per heavy atom. The summed E-state index contributed by atoms with van der Waals surface area (Å²) in [6.07, 6.45) is 4.41. The summed E-state index contributed by atoms with van der Waals surface area (Å²) >= 11 is 13.1. The minimum Gasteiger partial charge on any atom is -0.389 e. The maximum Gasteiger partial charge on any atom is 0.104 e. The second kappa shape index (κ2) is 7.36. The molecule has 0 saturated heterocycles. The minimum atomic E-state index is 0.255. The van der Waals surface area contributed by atoms with Gasteiger partial charge < -0.3 is 11.1 Å². The Labute approximate surface area is 130 Å².